The summed E-state index contributed by atoms with van der Waals surface area (Å²) in [7, 11) is 0. The molecule has 0 radical (unpaired) electrons. The van der Waals surface area contributed by atoms with E-state index < -0.39 is 11.2 Å². The lowest BCUT2D eigenvalue weighted by atomic mass is 10.0. The predicted molar refractivity (Wildman–Crippen MR) is 69.7 cm³/mol. The summed E-state index contributed by atoms with van der Waals surface area (Å²) in [5, 5.41) is 30.8. The van der Waals surface area contributed by atoms with Crippen LogP contribution in [0.3, 0.4) is 0 Å². The van der Waals surface area contributed by atoms with Crippen LogP contribution in [-0.2, 0) is 0 Å². The Kier molecular flexibility index (Phi) is 2.19. The molecule has 3 N–H and O–H groups in total. The Balaban J connectivity index is 2.59. The van der Waals surface area contributed by atoms with Gasteiger partial charge in [-0.25, -0.2) is 0 Å². The van der Waals surface area contributed by atoms with Crippen LogP contribution < -0.4 is 5.43 Å². The molecule has 0 aliphatic rings. The molecular weight excluding hydrogens is 248 g/mol. The van der Waals surface area contributed by atoms with Gasteiger partial charge in [0, 0.05) is 16.8 Å². The van der Waals surface area contributed by atoms with Gasteiger partial charge >= 0.3 is 0 Å². The van der Waals surface area contributed by atoms with Crippen molar-refractivity contribution in [1.29, 1.82) is 0 Å². The van der Waals surface area contributed by atoms with Crippen LogP contribution in [0.15, 0.2) is 33.5 Å². The first-order valence-corrected chi connectivity index (χ1v) is 5.59. The number of hydrogen-bond donors (Lipinski definition) is 3. The topological polar surface area (TPSA) is 90.9 Å². The number of fused-ring (bicyclic) bond motifs is 2. The second kappa shape index (κ2) is 3.65. The van der Waals surface area contributed by atoms with Crippen LogP contribution in [0, 0.1) is 6.92 Å². The van der Waals surface area contributed by atoms with E-state index in [1.54, 1.807) is 13.0 Å². The number of phenolic OH excluding ortho intramolecular Hbond substituents is 2. The number of phenols is 2. The monoisotopic (exact) mass is 258 g/mol. The van der Waals surface area contributed by atoms with Gasteiger partial charge in [0.25, 0.3) is 5.95 Å². The molecule has 1 heterocycles. The first kappa shape index (κ1) is 11.4. The van der Waals surface area contributed by atoms with Crippen molar-refractivity contribution in [3.63, 3.8) is 0 Å². The third-order valence-electron chi connectivity index (χ3n) is 3.07. The maximum absolute atomic E-state index is 11.4. The van der Waals surface area contributed by atoms with Crippen LogP contribution in [0.4, 0.5) is 0 Å². The van der Waals surface area contributed by atoms with Crippen molar-refractivity contribution < 1.29 is 19.7 Å². The molecule has 5 nitrogen and oxygen atoms in total. The first-order valence-electron chi connectivity index (χ1n) is 5.59. The molecule has 0 spiro atoms. The molecule has 0 unspecified atom stereocenters. The number of rotatable bonds is 0. The fourth-order valence-electron chi connectivity index (χ4n) is 2.19. The molecule has 0 aliphatic carbocycles. The lowest BCUT2D eigenvalue weighted by molar-refractivity contribution is 0.321. The number of aromatic hydroxyl groups is 3. The fourth-order valence-corrected chi connectivity index (χ4v) is 2.19. The van der Waals surface area contributed by atoms with E-state index in [-0.39, 0.29) is 22.5 Å². The molecule has 3 rings (SSSR count). The maximum atomic E-state index is 11.4. The minimum atomic E-state index is -0.647. The van der Waals surface area contributed by atoms with Crippen molar-refractivity contribution in [3.8, 4) is 17.4 Å². The van der Waals surface area contributed by atoms with Crippen LogP contribution >= 0.6 is 0 Å². The highest BCUT2D eigenvalue weighted by molar-refractivity contribution is 6.04. The van der Waals surface area contributed by atoms with Crippen molar-refractivity contribution in [2.45, 2.75) is 6.92 Å². The molecule has 0 aliphatic heterocycles. The van der Waals surface area contributed by atoms with E-state index in [2.05, 4.69) is 0 Å². The SMILES string of the molecule is Cc1cc2cc3c(O)c(=O)cc(O)c3cc2c(O)o1. The standard InChI is InChI=1S/C14H10O5/c1-6-2-7-3-10-9(4-8(7)14(18)19-6)11(15)5-12(16)13(10)17/h2-5,15,17-18H,1H3. The first-order chi connectivity index (χ1) is 8.97. The lowest BCUT2D eigenvalue weighted by Gasteiger charge is -2.07. The van der Waals surface area contributed by atoms with Crippen molar-refractivity contribution >= 4 is 21.5 Å². The highest BCUT2D eigenvalue weighted by atomic mass is 16.5. The molecule has 0 bridgehead atoms. The summed E-state index contributed by atoms with van der Waals surface area (Å²) in [4.78, 5) is 11.4. The Morgan fingerprint density at radius 2 is 1.68 bits per heavy atom. The average Bonchev–Trinajstić information content (AvgIpc) is 2.34. The smallest absolute Gasteiger partial charge is 0.290 e. The third-order valence-corrected chi connectivity index (χ3v) is 3.07. The summed E-state index contributed by atoms with van der Waals surface area (Å²) in [6.45, 7) is 1.67. The highest BCUT2D eigenvalue weighted by Crippen LogP contribution is 2.36. The van der Waals surface area contributed by atoms with Gasteiger partial charge in [0.15, 0.2) is 5.75 Å². The maximum Gasteiger partial charge on any atom is 0.290 e. The van der Waals surface area contributed by atoms with Crippen LogP contribution in [0.2, 0.25) is 0 Å². The van der Waals surface area contributed by atoms with E-state index in [0.717, 1.165) is 6.07 Å². The Hall–Kier alpha value is -2.69. The van der Waals surface area contributed by atoms with Gasteiger partial charge in [0.1, 0.15) is 11.5 Å². The van der Waals surface area contributed by atoms with Gasteiger partial charge in [-0.15, -0.1) is 0 Å². The summed E-state index contributed by atoms with van der Waals surface area (Å²) in [6, 6.07) is 5.61. The molecule has 3 aromatic rings. The summed E-state index contributed by atoms with van der Waals surface area (Å²) in [5.74, 6) is -0.458. The zero-order valence-corrected chi connectivity index (χ0v) is 9.97. The van der Waals surface area contributed by atoms with E-state index in [4.69, 9.17) is 4.42 Å². The second-order valence-electron chi connectivity index (χ2n) is 4.39. The van der Waals surface area contributed by atoms with Crippen LogP contribution in [0.25, 0.3) is 21.5 Å². The Labute approximate surface area is 107 Å². The molecule has 2 aromatic carbocycles. The van der Waals surface area contributed by atoms with Crippen LogP contribution in [0.1, 0.15) is 5.76 Å². The minimum absolute atomic E-state index is 0.238. The van der Waals surface area contributed by atoms with Gasteiger partial charge in [-0.2, -0.15) is 0 Å². The number of benzene rings is 2. The predicted octanol–water partition coefficient (Wildman–Crippen LogP) is 2.37. The van der Waals surface area contributed by atoms with E-state index in [1.807, 2.05) is 0 Å². The highest BCUT2D eigenvalue weighted by Gasteiger charge is 2.13. The Morgan fingerprint density at radius 3 is 2.42 bits per heavy atom. The van der Waals surface area contributed by atoms with E-state index in [0.29, 0.717) is 16.5 Å². The Morgan fingerprint density at radius 1 is 0.947 bits per heavy atom. The second-order valence-corrected chi connectivity index (χ2v) is 4.39. The van der Waals surface area contributed by atoms with Crippen molar-refractivity contribution in [1.82, 2.24) is 0 Å². The van der Waals surface area contributed by atoms with Crippen LogP contribution in [-0.4, -0.2) is 15.3 Å². The zero-order chi connectivity index (χ0) is 13.7. The lowest BCUT2D eigenvalue weighted by Crippen LogP contribution is -1.98. The van der Waals surface area contributed by atoms with E-state index >= 15 is 0 Å². The van der Waals surface area contributed by atoms with Crippen molar-refractivity contribution in [2.75, 3.05) is 0 Å². The van der Waals surface area contributed by atoms with Gasteiger partial charge in [-0.05, 0) is 30.5 Å². The van der Waals surface area contributed by atoms with Gasteiger partial charge < -0.3 is 19.7 Å². The van der Waals surface area contributed by atoms with Gasteiger partial charge in [-0.3, -0.25) is 4.79 Å². The molecule has 0 atom stereocenters. The third kappa shape index (κ3) is 1.59. The quantitative estimate of drug-likeness (QED) is 0.425. The summed E-state index contributed by atoms with van der Waals surface area (Å²) >= 11 is 0. The average molecular weight is 258 g/mol. The largest absolute Gasteiger partial charge is 0.507 e. The van der Waals surface area contributed by atoms with Gasteiger partial charge in [0.2, 0.25) is 5.43 Å². The normalized spacial score (nSPS) is 11.2. The Bertz CT molecular complexity index is 877. The molecule has 96 valence electrons. The summed E-state index contributed by atoms with van der Waals surface area (Å²) < 4.78 is 5.08. The molecule has 5 heteroatoms. The van der Waals surface area contributed by atoms with Crippen molar-refractivity contribution in [2.24, 2.45) is 0 Å². The molecular formula is C14H10O5. The molecule has 0 amide bonds. The number of aryl methyl sites for hydroxylation is 1. The van der Waals surface area contributed by atoms with Gasteiger partial charge in [0.05, 0.1) is 5.39 Å². The fraction of sp³-hybridized carbons (Fsp3) is 0.0714. The zero-order valence-electron chi connectivity index (χ0n) is 9.97. The van der Waals surface area contributed by atoms with Gasteiger partial charge in [-0.1, -0.05) is 0 Å². The van der Waals surface area contributed by atoms with E-state index in [9.17, 15) is 20.1 Å². The summed E-state index contributed by atoms with van der Waals surface area (Å²) in [6.07, 6.45) is 0. The molecule has 0 fully saturated rings. The molecule has 0 saturated carbocycles. The molecule has 19 heavy (non-hydrogen) atoms. The van der Waals surface area contributed by atoms with Crippen molar-refractivity contribution in [3.05, 3.63) is 40.2 Å². The van der Waals surface area contributed by atoms with E-state index in [1.165, 1.54) is 12.1 Å². The summed E-state index contributed by atoms with van der Waals surface area (Å²) in [5.41, 5.74) is -0.647. The van der Waals surface area contributed by atoms with Crippen LogP contribution in [0.5, 0.6) is 17.4 Å². The molecule has 1 aromatic heterocycles. The minimum Gasteiger partial charge on any atom is -0.507 e. The number of hydrogen-bond acceptors (Lipinski definition) is 5. The molecule has 0 saturated heterocycles.